The van der Waals surface area contributed by atoms with Crippen LogP contribution in [0.4, 0.5) is 0 Å². The molecule has 76 valence electrons. The molecule has 0 aliphatic heterocycles. The first-order chi connectivity index (χ1) is 6.56. The number of benzene rings is 1. The molecule has 0 radical (unpaired) electrons. The maximum absolute atomic E-state index is 9.58. The molecule has 1 atom stereocenters. The molecule has 0 unspecified atom stereocenters. The van der Waals surface area contributed by atoms with Gasteiger partial charge in [0.1, 0.15) is 5.75 Å². The van der Waals surface area contributed by atoms with E-state index < -0.39 is 0 Å². The fourth-order valence-electron chi connectivity index (χ4n) is 1.52. The van der Waals surface area contributed by atoms with E-state index in [9.17, 15) is 5.11 Å². The van der Waals surface area contributed by atoms with Crippen LogP contribution in [0.15, 0.2) is 24.8 Å². The van der Waals surface area contributed by atoms with Gasteiger partial charge in [0.2, 0.25) is 0 Å². The van der Waals surface area contributed by atoms with Crippen LogP contribution in [0.2, 0.25) is 0 Å². The van der Waals surface area contributed by atoms with Crippen LogP contribution in [-0.2, 0) is 0 Å². The van der Waals surface area contributed by atoms with Crippen LogP contribution in [0.25, 0.3) is 0 Å². The molecule has 0 aromatic heterocycles. The highest BCUT2D eigenvalue weighted by atomic mass is 16.3. The van der Waals surface area contributed by atoms with E-state index >= 15 is 0 Å². The minimum atomic E-state index is -0.0227. The first-order valence-corrected chi connectivity index (χ1v) is 4.73. The molecule has 1 aromatic rings. The Labute approximate surface area is 85.1 Å². The zero-order valence-corrected chi connectivity index (χ0v) is 8.75. The topological polar surface area (TPSA) is 46.2 Å². The Balaban J connectivity index is 3.05. The summed E-state index contributed by atoms with van der Waals surface area (Å²) >= 11 is 0. The molecular formula is C12H17NO. The van der Waals surface area contributed by atoms with Crippen LogP contribution in [-0.4, -0.2) is 5.11 Å². The summed E-state index contributed by atoms with van der Waals surface area (Å²) in [5.41, 5.74) is 8.74. The molecule has 0 amide bonds. The molecule has 2 heteroatoms. The van der Waals surface area contributed by atoms with E-state index in [1.54, 1.807) is 0 Å². The van der Waals surface area contributed by atoms with E-state index in [2.05, 4.69) is 6.58 Å². The fraction of sp³-hybridized carbons (Fsp3) is 0.333. The van der Waals surface area contributed by atoms with Gasteiger partial charge in [-0.1, -0.05) is 18.2 Å². The maximum atomic E-state index is 9.58. The Morgan fingerprint density at radius 1 is 1.43 bits per heavy atom. The molecule has 1 rings (SSSR count). The van der Waals surface area contributed by atoms with Crippen LogP contribution in [0.1, 0.15) is 29.2 Å². The number of phenolic OH excluding ortho intramolecular Hbond substituents is 1. The number of nitrogens with two attached hydrogens (primary N) is 1. The second kappa shape index (κ2) is 4.29. The number of aromatic hydroxyl groups is 1. The third-order valence-electron chi connectivity index (χ3n) is 2.36. The molecule has 0 spiro atoms. The molecule has 3 N–H and O–H groups in total. The minimum Gasteiger partial charge on any atom is -0.507 e. The third kappa shape index (κ3) is 2.15. The van der Waals surface area contributed by atoms with Gasteiger partial charge in [0.25, 0.3) is 0 Å². The van der Waals surface area contributed by atoms with Crippen molar-refractivity contribution in [3.05, 3.63) is 41.5 Å². The quantitative estimate of drug-likeness (QED) is 0.721. The van der Waals surface area contributed by atoms with Gasteiger partial charge in [0.15, 0.2) is 0 Å². The second-order valence-corrected chi connectivity index (χ2v) is 3.63. The average Bonchev–Trinajstić information content (AvgIpc) is 2.13. The summed E-state index contributed by atoms with van der Waals surface area (Å²) in [5, 5.41) is 9.58. The first kappa shape index (κ1) is 10.8. The number of phenols is 1. The third-order valence-corrected chi connectivity index (χ3v) is 2.36. The van der Waals surface area contributed by atoms with Gasteiger partial charge in [-0.3, -0.25) is 0 Å². The van der Waals surface area contributed by atoms with Crippen LogP contribution >= 0.6 is 0 Å². The zero-order valence-electron chi connectivity index (χ0n) is 8.75. The summed E-state index contributed by atoms with van der Waals surface area (Å²) in [6.07, 6.45) is 2.56. The summed E-state index contributed by atoms with van der Waals surface area (Å²) in [5.74, 6) is 0.361. The van der Waals surface area contributed by atoms with Gasteiger partial charge in [-0.25, -0.2) is 0 Å². The van der Waals surface area contributed by atoms with E-state index in [1.165, 1.54) is 0 Å². The van der Waals surface area contributed by atoms with Gasteiger partial charge >= 0.3 is 0 Å². The second-order valence-electron chi connectivity index (χ2n) is 3.63. The summed E-state index contributed by atoms with van der Waals surface area (Å²) in [7, 11) is 0. The fourth-order valence-corrected chi connectivity index (χ4v) is 1.52. The number of aryl methyl sites for hydroxylation is 2. The van der Waals surface area contributed by atoms with E-state index in [4.69, 9.17) is 5.73 Å². The predicted octanol–water partition coefficient (Wildman–Crippen LogP) is 2.58. The van der Waals surface area contributed by atoms with Crippen molar-refractivity contribution in [2.24, 2.45) is 5.73 Å². The first-order valence-electron chi connectivity index (χ1n) is 4.73. The SMILES string of the molecule is C=CC[C@H](N)c1cc(C)c(O)c(C)c1. The molecule has 0 aliphatic carbocycles. The maximum Gasteiger partial charge on any atom is 0.121 e. The monoisotopic (exact) mass is 191 g/mol. The van der Waals surface area contributed by atoms with Crippen molar-refractivity contribution in [1.82, 2.24) is 0 Å². The Bertz CT molecular complexity index is 321. The number of hydrogen-bond acceptors (Lipinski definition) is 2. The average molecular weight is 191 g/mol. The highest BCUT2D eigenvalue weighted by Gasteiger charge is 2.08. The highest BCUT2D eigenvalue weighted by Crippen LogP contribution is 2.26. The van der Waals surface area contributed by atoms with E-state index in [0.717, 1.165) is 23.1 Å². The molecule has 0 saturated carbocycles. The van der Waals surface area contributed by atoms with Crippen LogP contribution < -0.4 is 5.73 Å². The normalized spacial score (nSPS) is 12.5. The largest absolute Gasteiger partial charge is 0.507 e. The molecule has 0 heterocycles. The smallest absolute Gasteiger partial charge is 0.121 e. The van der Waals surface area contributed by atoms with Gasteiger partial charge in [-0.2, -0.15) is 0 Å². The molecule has 0 saturated heterocycles. The van der Waals surface area contributed by atoms with Gasteiger partial charge < -0.3 is 10.8 Å². The van der Waals surface area contributed by atoms with Crippen molar-refractivity contribution >= 4 is 0 Å². The molecule has 0 fully saturated rings. The molecule has 14 heavy (non-hydrogen) atoms. The molecule has 0 aliphatic rings. The lowest BCUT2D eigenvalue weighted by Gasteiger charge is -2.13. The van der Waals surface area contributed by atoms with E-state index in [1.807, 2.05) is 32.1 Å². The lowest BCUT2D eigenvalue weighted by atomic mass is 9.99. The van der Waals surface area contributed by atoms with E-state index in [0.29, 0.717) is 5.75 Å². The van der Waals surface area contributed by atoms with Gasteiger partial charge in [0.05, 0.1) is 0 Å². The molecule has 1 aromatic carbocycles. The van der Waals surface area contributed by atoms with Crippen molar-refractivity contribution in [2.75, 3.05) is 0 Å². The minimum absolute atomic E-state index is 0.0227. The summed E-state index contributed by atoms with van der Waals surface area (Å²) in [4.78, 5) is 0. The van der Waals surface area contributed by atoms with Gasteiger partial charge in [-0.15, -0.1) is 6.58 Å². The van der Waals surface area contributed by atoms with Gasteiger partial charge in [-0.05, 0) is 37.0 Å². The lowest BCUT2D eigenvalue weighted by Crippen LogP contribution is -2.09. The Kier molecular flexibility index (Phi) is 3.31. The highest BCUT2D eigenvalue weighted by molar-refractivity contribution is 5.43. The summed E-state index contributed by atoms with van der Waals surface area (Å²) in [6.45, 7) is 7.42. The van der Waals surface area contributed by atoms with Crippen molar-refractivity contribution in [3.63, 3.8) is 0 Å². The molecule has 2 nitrogen and oxygen atoms in total. The van der Waals surface area contributed by atoms with Crippen LogP contribution in [0, 0.1) is 13.8 Å². The van der Waals surface area contributed by atoms with Crippen molar-refractivity contribution < 1.29 is 5.11 Å². The zero-order chi connectivity index (χ0) is 10.7. The Morgan fingerprint density at radius 2 is 1.93 bits per heavy atom. The van der Waals surface area contributed by atoms with Crippen molar-refractivity contribution in [2.45, 2.75) is 26.3 Å². The number of hydrogen-bond donors (Lipinski definition) is 2. The Hall–Kier alpha value is -1.28. The van der Waals surface area contributed by atoms with Crippen LogP contribution in [0.5, 0.6) is 5.75 Å². The predicted molar refractivity (Wildman–Crippen MR) is 59.3 cm³/mol. The van der Waals surface area contributed by atoms with Gasteiger partial charge in [0, 0.05) is 6.04 Å². The Morgan fingerprint density at radius 3 is 2.36 bits per heavy atom. The molecular weight excluding hydrogens is 174 g/mol. The van der Waals surface area contributed by atoms with Crippen molar-refractivity contribution in [3.8, 4) is 5.75 Å². The number of rotatable bonds is 3. The summed E-state index contributed by atoms with van der Waals surface area (Å²) in [6, 6.07) is 3.83. The standard InChI is InChI=1S/C12H17NO/c1-4-5-11(13)10-6-8(2)12(14)9(3)7-10/h4,6-7,11,14H,1,5,13H2,2-3H3/t11-/m0/s1. The lowest BCUT2D eigenvalue weighted by molar-refractivity contribution is 0.466. The summed E-state index contributed by atoms with van der Waals surface area (Å²) < 4.78 is 0. The van der Waals surface area contributed by atoms with Crippen LogP contribution in [0.3, 0.4) is 0 Å². The van der Waals surface area contributed by atoms with E-state index in [-0.39, 0.29) is 6.04 Å². The molecule has 0 bridgehead atoms. The van der Waals surface area contributed by atoms with Crippen molar-refractivity contribution in [1.29, 1.82) is 0 Å².